The molecule has 20 heavy (non-hydrogen) atoms. The highest BCUT2D eigenvalue weighted by Gasteiger charge is 2.43. The number of fused-ring (bicyclic) bond motifs is 1. The van der Waals surface area contributed by atoms with Crippen molar-refractivity contribution < 1.29 is 0 Å². The van der Waals surface area contributed by atoms with E-state index in [1.54, 1.807) is 6.20 Å². The molecule has 0 amide bonds. The Morgan fingerprint density at radius 3 is 2.85 bits per heavy atom. The van der Waals surface area contributed by atoms with E-state index in [-0.39, 0.29) is 5.54 Å². The van der Waals surface area contributed by atoms with E-state index in [2.05, 4.69) is 17.2 Å². The van der Waals surface area contributed by atoms with Crippen molar-refractivity contribution in [3.05, 3.63) is 35.5 Å². The molecule has 0 spiro atoms. The number of nitrogens with one attached hydrogen (secondary N) is 1. The van der Waals surface area contributed by atoms with Gasteiger partial charge in [-0.15, -0.1) is 0 Å². The summed E-state index contributed by atoms with van der Waals surface area (Å²) in [6.45, 7) is 2.84. The largest absolute Gasteiger partial charge is 0.376 e. The highest BCUT2D eigenvalue weighted by molar-refractivity contribution is 6.35. The normalized spacial score (nSPS) is 17.9. The predicted octanol–water partition coefficient (Wildman–Crippen LogP) is 3.82. The summed E-state index contributed by atoms with van der Waals surface area (Å²) >= 11 is 6.25. The molecule has 106 valence electrons. The SMILES string of the molecule is CCC(CN)(Nc1ccc(Cl)c2cccnc12)C1CC1. The summed E-state index contributed by atoms with van der Waals surface area (Å²) in [5.74, 6) is 0.673. The minimum absolute atomic E-state index is 0.0156. The first-order valence-corrected chi connectivity index (χ1v) is 7.59. The van der Waals surface area contributed by atoms with E-state index in [9.17, 15) is 0 Å². The maximum absolute atomic E-state index is 6.25. The van der Waals surface area contributed by atoms with Gasteiger partial charge in [-0.1, -0.05) is 18.5 Å². The number of anilines is 1. The Bertz CT molecular complexity index is 618. The number of nitrogens with zero attached hydrogens (tertiary/aromatic N) is 1. The predicted molar refractivity (Wildman–Crippen MR) is 85.2 cm³/mol. The molecule has 1 aliphatic rings. The monoisotopic (exact) mass is 289 g/mol. The highest BCUT2D eigenvalue weighted by Crippen LogP contribution is 2.43. The van der Waals surface area contributed by atoms with Crippen LogP contribution in [0.5, 0.6) is 0 Å². The molecule has 0 aliphatic heterocycles. The summed E-state index contributed by atoms with van der Waals surface area (Å²) in [5, 5.41) is 5.40. The van der Waals surface area contributed by atoms with Gasteiger partial charge < -0.3 is 11.1 Å². The van der Waals surface area contributed by atoms with Crippen molar-refractivity contribution in [2.45, 2.75) is 31.7 Å². The van der Waals surface area contributed by atoms with E-state index in [0.29, 0.717) is 12.5 Å². The van der Waals surface area contributed by atoms with Crippen molar-refractivity contribution >= 4 is 28.2 Å². The van der Waals surface area contributed by atoms with Gasteiger partial charge in [0.2, 0.25) is 0 Å². The molecule has 3 rings (SSSR count). The molecule has 2 aromatic rings. The Balaban J connectivity index is 2.04. The second-order valence-corrected chi connectivity index (χ2v) is 6.01. The lowest BCUT2D eigenvalue weighted by atomic mass is 9.89. The van der Waals surface area contributed by atoms with Gasteiger partial charge in [0.25, 0.3) is 0 Å². The number of halogens is 1. The lowest BCUT2D eigenvalue weighted by molar-refractivity contribution is 0.405. The van der Waals surface area contributed by atoms with Crippen LogP contribution in [0, 0.1) is 5.92 Å². The first kappa shape index (κ1) is 13.7. The van der Waals surface area contributed by atoms with Crippen LogP contribution in [0.25, 0.3) is 10.9 Å². The van der Waals surface area contributed by atoms with Gasteiger partial charge in [-0.3, -0.25) is 4.98 Å². The Hall–Kier alpha value is -1.32. The Morgan fingerprint density at radius 2 is 2.20 bits per heavy atom. The molecular weight excluding hydrogens is 270 g/mol. The fourth-order valence-electron chi connectivity index (χ4n) is 2.98. The number of rotatable bonds is 5. The summed E-state index contributed by atoms with van der Waals surface area (Å²) in [6.07, 6.45) is 5.34. The first-order valence-electron chi connectivity index (χ1n) is 7.21. The highest BCUT2D eigenvalue weighted by atomic mass is 35.5. The van der Waals surface area contributed by atoms with Gasteiger partial charge in [0.05, 0.1) is 21.8 Å². The smallest absolute Gasteiger partial charge is 0.0948 e. The van der Waals surface area contributed by atoms with Gasteiger partial charge in [0, 0.05) is 18.1 Å². The van der Waals surface area contributed by atoms with Crippen molar-refractivity contribution in [2.24, 2.45) is 11.7 Å². The van der Waals surface area contributed by atoms with E-state index in [1.807, 2.05) is 24.3 Å². The van der Waals surface area contributed by atoms with Gasteiger partial charge >= 0.3 is 0 Å². The summed E-state index contributed by atoms with van der Waals surface area (Å²) in [7, 11) is 0. The van der Waals surface area contributed by atoms with Crippen molar-refractivity contribution in [2.75, 3.05) is 11.9 Å². The van der Waals surface area contributed by atoms with E-state index >= 15 is 0 Å². The minimum Gasteiger partial charge on any atom is -0.376 e. The van der Waals surface area contributed by atoms with Crippen LogP contribution in [0.4, 0.5) is 5.69 Å². The second kappa shape index (κ2) is 5.23. The quantitative estimate of drug-likeness (QED) is 0.880. The fourth-order valence-corrected chi connectivity index (χ4v) is 3.20. The summed E-state index contributed by atoms with van der Waals surface area (Å²) < 4.78 is 0. The number of aromatic nitrogens is 1. The topological polar surface area (TPSA) is 50.9 Å². The number of hydrogen-bond donors (Lipinski definition) is 2. The lowest BCUT2D eigenvalue weighted by Gasteiger charge is -2.34. The van der Waals surface area contributed by atoms with Crippen LogP contribution in [0.15, 0.2) is 30.5 Å². The number of benzene rings is 1. The molecule has 0 saturated heterocycles. The molecule has 1 heterocycles. The minimum atomic E-state index is -0.0156. The molecule has 1 saturated carbocycles. The zero-order chi connectivity index (χ0) is 14.2. The molecule has 1 atom stereocenters. The van der Waals surface area contributed by atoms with Crippen LogP contribution < -0.4 is 11.1 Å². The van der Waals surface area contributed by atoms with Crippen molar-refractivity contribution in [1.29, 1.82) is 0 Å². The molecule has 3 nitrogen and oxygen atoms in total. The van der Waals surface area contributed by atoms with Gasteiger partial charge in [-0.25, -0.2) is 0 Å². The second-order valence-electron chi connectivity index (χ2n) is 5.61. The van der Waals surface area contributed by atoms with E-state index in [1.165, 1.54) is 12.8 Å². The maximum Gasteiger partial charge on any atom is 0.0948 e. The van der Waals surface area contributed by atoms with Crippen molar-refractivity contribution in [1.82, 2.24) is 4.98 Å². The molecule has 1 fully saturated rings. The van der Waals surface area contributed by atoms with Crippen LogP contribution in [-0.2, 0) is 0 Å². The average molecular weight is 290 g/mol. The Labute approximate surface area is 124 Å². The van der Waals surface area contributed by atoms with Gasteiger partial charge in [0.1, 0.15) is 0 Å². The van der Waals surface area contributed by atoms with Crippen LogP contribution in [0.3, 0.4) is 0 Å². The Kier molecular flexibility index (Phi) is 3.57. The molecule has 1 unspecified atom stereocenters. The van der Waals surface area contributed by atoms with E-state index in [4.69, 9.17) is 17.3 Å². The molecule has 1 aromatic carbocycles. The zero-order valence-corrected chi connectivity index (χ0v) is 12.5. The lowest BCUT2D eigenvalue weighted by Crippen LogP contribution is -2.47. The number of pyridine rings is 1. The Morgan fingerprint density at radius 1 is 1.40 bits per heavy atom. The fraction of sp³-hybridized carbons (Fsp3) is 0.438. The summed E-state index contributed by atoms with van der Waals surface area (Å²) in [5.41, 5.74) is 8.01. The molecule has 0 radical (unpaired) electrons. The van der Waals surface area contributed by atoms with Crippen LogP contribution in [0.2, 0.25) is 5.02 Å². The number of nitrogens with two attached hydrogens (primary N) is 1. The average Bonchev–Trinajstić information content (AvgIpc) is 3.33. The van der Waals surface area contributed by atoms with Gasteiger partial charge in [-0.2, -0.15) is 0 Å². The first-order chi connectivity index (χ1) is 9.70. The summed E-state index contributed by atoms with van der Waals surface area (Å²) in [4.78, 5) is 4.49. The van der Waals surface area contributed by atoms with Crippen LogP contribution in [0.1, 0.15) is 26.2 Å². The van der Waals surface area contributed by atoms with E-state index in [0.717, 1.165) is 28.0 Å². The van der Waals surface area contributed by atoms with E-state index < -0.39 is 0 Å². The van der Waals surface area contributed by atoms with Crippen LogP contribution >= 0.6 is 11.6 Å². The van der Waals surface area contributed by atoms with Crippen molar-refractivity contribution in [3.63, 3.8) is 0 Å². The zero-order valence-electron chi connectivity index (χ0n) is 11.7. The summed E-state index contributed by atoms with van der Waals surface area (Å²) in [6, 6.07) is 7.86. The van der Waals surface area contributed by atoms with Gasteiger partial charge in [-0.05, 0) is 49.4 Å². The molecular formula is C16H20ClN3. The molecule has 1 aromatic heterocycles. The molecule has 0 bridgehead atoms. The molecule has 3 N–H and O–H groups in total. The third-order valence-electron chi connectivity index (χ3n) is 4.45. The van der Waals surface area contributed by atoms with Crippen molar-refractivity contribution in [3.8, 4) is 0 Å². The third kappa shape index (κ3) is 2.25. The number of hydrogen-bond acceptors (Lipinski definition) is 3. The van der Waals surface area contributed by atoms with Crippen LogP contribution in [-0.4, -0.2) is 17.1 Å². The molecule has 4 heteroatoms. The standard InChI is InChI=1S/C16H20ClN3/c1-2-16(10-18,11-5-6-11)20-14-8-7-13(17)12-4-3-9-19-15(12)14/h3-4,7-9,11,20H,2,5-6,10,18H2,1H3. The maximum atomic E-state index is 6.25. The molecule has 1 aliphatic carbocycles. The van der Waals surface area contributed by atoms with Gasteiger partial charge in [0.15, 0.2) is 0 Å². The third-order valence-corrected chi connectivity index (χ3v) is 4.78.